The van der Waals surface area contributed by atoms with Crippen LogP contribution in [0.1, 0.15) is 24.9 Å². The molecule has 1 unspecified atom stereocenters. The average molecular weight is 370 g/mol. The first kappa shape index (κ1) is 15.8. The van der Waals surface area contributed by atoms with Crippen molar-refractivity contribution in [2.75, 3.05) is 5.32 Å². The number of nitrogens with one attached hydrogen (secondary N) is 1. The highest BCUT2D eigenvalue weighted by Gasteiger charge is 2.14. The molecule has 0 fully saturated rings. The molecule has 21 heavy (non-hydrogen) atoms. The van der Waals surface area contributed by atoms with Crippen molar-refractivity contribution >= 4 is 38.9 Å². The van der Waals surface area contributed by atoms with Crippen molar-refractivity contribution in [2.45, 2.75) is 19.4 Å². The normalized spacial score (nSPS) is 12.0. The van der Waals surface area contributed by atoms with Crippen LogP contribution in [-0.2, 0) is 0 Å². The minimum absolute atomic E-state index is 0.0296. The van der Waals surface area contributed by atoms with Gasteiger partial charge in [-0.15, -0.1) is 0 Å². The SMILES string of the molecule is CCC(Nc1cc([N+](=O)[O-])ccc1Br)c1cccc(Cl)c1. The standard InChI is InChI=1S/C15H14BrClN2O2/c1-2-14(10-4-3-5-11(17)8-10)18-15-9-12(19(20)21)6-7-13(15)16/h3-9,14,18H,2H2,1H3. The van der Waals surface area contributed by atoms with Gasteiger partial charge in [0.25, 0.3) is 5.69 Å². The lowest BCUT2D eigenvalue weighted by atomic mass is 10.0. The van der Waals surface area contributed by atoms with Gasteiger partial charge in [0.1, 0.15) is 0 Å². The van der Waals surface area contributed by atoms with Gasteiger partial charge in [0, 0.05) is 21.6 Å². The van der Waals surface area contributed by atoms with Crippen LogP contribution in [0.2, 0.25) is 5.02 Å². The highest BCUT2D eigenvalue weighted by Crippen LogP contribution is 2.32. The van der Waals surface area contributed by atoms with Crippen molar-refractivity contribution in [3.63, 3.8) is 0 Å². The van der Waals surface area contributed by atoms with E-state index in [2.05, 4.69) is 21.2 Å². The van der Waals surface area contributed by atoms with E-state index < -0.39 is 4.92 Å². The van der Waals surface area contributed by atoms with Gasteiger partial charge in [0.15, 0.2) is 0 Å². The van der Waals surface area contributed by atoms with E-state index in [1.54, 1.807) is 6.07 Å². The van der Waals surface area contributed by atoms with Crippen LogP contribution in [0.15, 0.2) is 46.9 Å². The summed E-state index contributed by atoms with van der Waals surface area (Å²) in [6, 6.07) is 12.3. The molecule has 0 radical (unpaired) electrons. The topological polar surface area (TPSA) is 55.2 Å². The zero-order valence-corrected chi connectivity index (χ0v) is 13.7. The lowest BCUT2D eigenvalue weighted by molar-refractivity contribution is -0.384. The highest BCUT2D eigenvalue weighted by atomic mass is 79.9. The van der Waals surface area contributed by atoms with E-state index in [4.69, 9.17) is 11.6 Å². The summed E-state index contributed by atoms with van der Waals surface area (Å²) in [6.45, 7) is 2.05. The summed E-state index contributed by atoms with van der Waals surface area (Å²) < 4.78 is 0.786. The van der Waals surface area contributed by atoms with E-state index in [-0.39, 0.29) is 11.7 Å². The summed E-state index contributed by atoms with van der Waals surface area (Å²) in [4.78, 5) is 10.5. The molecule has 0 aliphatic carbocycles. The van der Waals surface area contributed by atoms with E-state index >= 15 is 0 Å². The molecule has 2 rings (SSSR count). The second-order valence-electron chi connectivity index (χ2n) is 4.58. The molecule has 0 aromatic heterocycles. The quantitative estimate of drug-likeness (QED) is 0.553. The molecule has 0 bridgehead atoms. The van der Waals surface area contributed by atoms with Gasteiger partial charge in [-0.05, 0) is 46.1 Å². The smallest absolute Gasteiger partial charge is 0.271 e. The molecule has 4 nitrogen and oxygen atoms in total. The molecule has 0 spiro atoms. The van der Waals surface area contributed by atoms with Gasteiger partial charge < -0.3 is 5.32 Å². The lowest BCUT2D eigenvalue weighted by Gasteiger charge is -2.20. The first-order chi connectivity index (χ1) is 10.0. The molecule has 0 heterocycles. The summed E-state index contributed by atoms with van der Waals surface area (Å²) >= 11 is 9.43. The summed E-state index contributed by atoms with van der Waals surface area (Å²) in [5, 5.41) is 14.9. The Bertz CT molecular complexity index is 664. The second-order valence-corrected chi connectivity index (χ2v) is 5.87. The van der Waals surface area contributed by atoms with Gasteiger partial charge in [-0.3, -0.25) is 10.1 Å². The number of nitrogens with zero attached hydrogens (tertiary/aromatic N) is 1. The number of anilines is 1. The number of hydrogen-bond acceptors (Lipinski definition) is 3. The number of rotatable bonds is 5. The van der Waals surface area contributed by atoms with Gasteiger partial charge in [0.2, 0.25) is 0 Å². The summed E-state index contributed by atoms with van der Waals surface area (Å²) in [7, 11) is 0. The van der Waals surface area contributed by atoms with Gasteiger partial charge in [0.05, 0.1) is 16.7 Å². The van der Waals surface area contributed by atoms with Crippen LogP contribution in [0.25, 0.3) is 0 Å². The van der Waals surface area contributed by atoms with Gasteiger partial charge in [-0.2, -0.15) is 0 Å². The first-order valence-electron chi connectivity index (χ1n) is 6.47. The maximum absolute atomic E-state index is 10.9. The Kier molecular flexibility index (Phi) is 5.20. The van der Waals surface area contributed by atoms with E-state index in [1.165, 1.54) is 12.1 Å². The van der Waals surface area contributed by atoms with Gasteiger partial charge in [-0.25, -0.2) is 0 Å². The van der Waals surface area contributed by atoms with E-state index in [9.17, 15) is 10.1 Å². The molecule has 1 N–H and O–H groups in total. The Labute approximate surface area is 136 Å². The van der Waals surface area contributed by atoms with Crippen molar-refractivity contribution in [1.82, 2.24) is 0 Å². The Morgan fingerprint density at radius 2 is 2.10 bits per heavy atom. The van der Waals surface area contributed by atoms with Crippen molar-refractivity contribution in [2.24, 2.45) is 0 Å². The van der Waals surface area contributed by atoms with Crippen LogP contribution in [0.3, 0.4) is 0 Å². The Morgan fingerprint density at radius 1 is 1.33 bits per heavy atom. The fraction of sp³-hybridized carbons (Fsp3) is 0.200. The maximum Gasteiger partial charge on any atom is 0.271 e. The lowest BCUT2D eigenvalue weighted by Crippen LogP contribution is -2.10. The zero-order valence-electron chi connectivity index (χ0n) is 11.3. The Hall–Kier alpha value is -1.59. The fourth-order valence-corrected chi connectivity index (χ4v) is 2.63. The predicted molar refractivity (Wildman–Crippen MR) is 88.9 cm³/mol. The molecule has 2 aromatic rings. The molecule has 110 valence electrons. The number of non-ortho nitro benzene ring substituents is 1. The van der Waals surface area contributed by atoms with E-state index in [1.807, 2.05) is 31.2 Å². The van der Waals surface area contributed by atoms with Crippen LogP contribution in [-0.4, -0.2) is 4.92 Å². The van der Waals surface area contributed by atoms with Crippen LogP contribution in [0.5, 0.6) is 0 Å². The molecule has 6 heteroatoms. The third kappa shape index (κ3) is 3.95. The summed E-state index contributed by atoms with van der Waals surface area (Å²) in [5.74, 6) is 0. The zero-order chi connectivity index (χ0) is 15.4. The van der Waals surface area contributed by atoms with Gasteiger partial charge in [-0.1, -0.05) is 30.7 Å². The van der Waals surface area contributed by atoms with Crippen molar-refractivity contribution in [1.29, 1.82) is 0 Å². The highest BCUT2D eigenvalue weighted by molar-refractivity contribution is 9.10. The third-order valence-electron chi connectivity index (χ3n) is 3.15. The predicted octanol–water partition coefficient (Wildman–Crippen LogP) is 5.57. The minimum atomic E-state index is -0.405. The van der Waals surface area contributed by atoms with Crippen LogP contribution < -0.4 is 5.32 Å². The Balaban J connectivity index is 2.30. The van der Waals surface area contributed by atoms with Crippen molar-refractivity contribution < 1.29 is 4.92 Å². The molecule has 0 saturated heterocycles. The monoisotopic (exact) mass is 368 g/mol. The molecule has 0 saturated carbocycles. The second kappa shape index (κ2) is 6.91. The molecular weight excluding hydrogens is 356 g/mol. The van der Waals surface area contributed by atoms with Crippen molar-refractivity contribution in [3.05, 3.63) is 67.6 Å². The van der Waals surface area contributed by atoms with Crippen LogP contribution >= 0.6 is 27.5 Å². The fourth-order valence-electron chi connectivity index (χ4n) is 2.07. The van der Waals surface area contributed by atoms with Crippen LogP contribution in [0, 0.1) is 10.1 Å². The number of benzene rings is 2. The van der Waals surface area contributed by atoms with E-state index in [0.717, 1.165) is 16.5 Å². The summed E-state index contributed by atoms with van der Waals surface area (Å²) in [5.41, 5.74) is 1.79. The van der Waals surface area contributed by atoms with Crippen LogP contribution in [0.4, 0.5) is 11.4 Å². The minimum Gasteiger partial charge on any atom is -0.377 e. The molecule has 0 aliphatic rings. The number of nitro groups is 1. The average Bonchev–Trinajstić information content (AvgIpc) is 2.46. The summed E-state index contributed by atoms with van der Waals surface area (Å²) in [6.07, 6.45) is 0.829. The number of nitro benzene ring substituents is 1. The third-order valence-corrected chi connectivity index (χ3v) is 4.08. The molecule has 1 atom stereocenters. The molecule has 2 aromatic carbocycles. The number of halogens is 2. The molecule has 0 aliphatic heterocycles. The van der Waals surface area contributed by atoms with E-state index in [0.29, 0.717) is 10.7 Å². The molecular formula is C15H14BrClN2O2. The Morgan fingerprint density at radius 3 is 2.71 bits per heavy atom. The van der Waals surface area contributed by atoms with Crippen molar-refractivity contribution in [3.8, 4) is 0 Å². The first-order valence-corrected chi connectivity index (χ1v) is 7.64. The van der Waals surface area contributed by atoms with Gasteiger partial charge >= 0.3 is 0 Å². The maximum atomic E-state index is 10.9. The number of hydrogen-bond donors (Lipinski definition) is 1. The molecule has 0 amide bonds. The largest absolute Gasteiger partial charge is 0.377 e.